The summed E-state index contributed by atoms with van der Waals surface area (Å²) in [6.45, 7) is 6.20. The number of halogens is 1. The molecular weight excluding hydrogens is 314 g/mol. The number of carbonyl (C=O) groups is 1. The van der Waals surface area contributed by atoms with Gasteiger partial charge in [0, 0.05) is 12.5 Å². The molecule has 0 unspecified atom stereocenters. The van der Waals surface area contributed by atoms with E-state index in [4.69, 9.17) is 16.3 Å². The van der Waals surface area contributed by atoms with Gasteiger partial charge in [0.15, 0.2) is 11.5 Å². The zero-order chi connectivity index (χ0) is 17.0. The minimum atomic E-state index is -0.0977. The first-order chi connectivity index (χ1) is 11.0. The molecular formula is C18H26ClNO3. The van der Waals surface area contributed by atoms with Crippen molar-refractivity contribution in [2.75, 3.05) is 20.2 Å². The van der Waals surface area contributed by atoms with Gasteiger partial charge in [-0.25, -0.2) is 0 Å². The molecule has 1 aromatic rings. The zero-order valence-electron chi connectivity index (χ0n) is 14.2. The lowest BCUT2D eigenvalue weighted by molar-refractivity contribution is 0.0962. The summed E-state index contributed by atoms with van der Waals surface area (Å²) in [5.74, 6) is 0.196. The smallest absolute Gasteiger partial charge is 0.170 e. The summed E-state index contributed by atoms with van der Waals surface area (Å²) in [6.07, 6.45) is 4.15. The van der Waals surface area contributed by atoms with Gasteiger partial charge in [-0.05, 0) is 50.4 Å². The van der Waals surface area contributed by atoms with Crippen LogP contribution in [0.15, 0.2) is 6.07 Å². The van der Waals surface area contributed by atoms with Crippen molar-refractivity contribution in [3.05, 3.63) is 22.2 Å². The van der Waals surface area contributed by atoms with Crippen LogP contribution in [0, 0.1) is 0 Å². The first kappa shape index (κ1) is 18.1. The van der Waals surface area contributed by atoms with Crippen LogP contribution >= 0.6 is 11.6 Å². The van der Waals surface area contributed by atoms with Gasteiger partial charge in [-0.3, -0.25) is 4.79 Å². The molecule has 23 heavy (non-hydrogen) atoms. The average Bonchev–Trinajstić information content (AvgIpc) is 3.01. The third kappa shape index (κ3) is 3.81. The summed E-state index contributed by atoms with van der Waals surface area (Å²) >= 11 is 6.21. The topological polar surface area (TPSA) is 49.8 Å². The molecule has 1 N–H and O–H groups in total. The third-order valence-electron chi connectivity index (χ3n) is 4.76. The number of nitrogens with zero attached hydrogens (tertiary/aromatic N) is 1. The standard InChI is InChI=1S/C18H26ClNO3/c1-4-12-11-14(19)18(23-3)16(17(12)22)15(21)9-8-13-7-6-10-20(13)5-2/h11,13,22H,4-10H2,1-3H3/t13-/m0/s1. The number of Topliss-reactive ketones (excluding diaryl/α,β-unsaturated/α-hetero) is 1. The lowest BCUT2D eigenvalue weighted by Crippen LogP contribution is -2.29. The van der Waals surface area contributed by atoms with Crippen molar-refractivity contribution in [2.45, 2.75) is 52.0 Å². The summed E-state index contributed by atoms with van der Waals surface area (Å²) in [5, 5.41) is 10.8. The van der Waals surface area contributed by atoms with E-state index >= 15 is 0 Å². The molecule has 0 amide bonds. The number of hydrogen-bond donors (Lipinski definition) is 1. The Hall–Kier alpha value is -1.26. The second-order valence-electron chi connectivity index (χ2n) is 6.01. The van der Waals surface area contributed by atoms with Gasteiger partial charge in [-0.2, -0.15) is 0 Å². The Labute approximate surface area is 143 Å². The number of ketones is 1. The maximum Gasteiger partial charge on any atom is 0.170 e. The van der Waals surface area contributed by atoms with E-state index in [0.29, 0.717) is 29.5 Å². The zero-order valence-corrected chi connectivity index (χ0v) is 14.9. The van der Waals surface area contributed by atoms with E-state index in [2.05, 4.69) is 11.8 Å². The van der Waals surface area contributed by atoms with Crippen LogP contribution in [0.25, 0.3) is 0 Å². The number of likely N-dealkylation sites (tertiary alicyclic amines) is 1. The van der Waals surface area contributed by atoms with E-state index < -0.39 is 0 Å². The fourth-order valence-corrected chi connectivity index (χ4v) is 3.77. The highest BCUT2D eigenvalue weighted by Gasteiger charge is 2.27. The summed E-state index contributed by atoms with van der Waals surface area (Å²) in [6, 6.07) is 2.13. The molecule has 0 saturated carbocycles. The Bertz CT molecular complexity index is 574. The Balaban J connectivity index is 2.19. The maximum absolute atomic E-state index is 12.7. The molecule has 0 aliphatic carbocycles. The van der Waals surface area contributed by atoms with Gasteiger partial charge in [0.1, 0.15) is 11.3 Å². The van der Waals surface area contributed by atoms with E-state index in [1.54, 1.807) is 6.07 Å². The van der Waals surface area contributed by atoms with Gasteiger partial charge < -0.3 is 14.7 Å². The highest BCUT2D eigenvalue weighted by atomic mass is 35.5. The van der Waals surface area contributed by atoms with Crippen LogP contribution in [-0.4, -0.2) is 42.0 Å². The second kappa shape index (κ2) is 8.02. The van der Waals surface area contributed by atoms with Crippen molar-refractivity contribution in [3.8, 4) is 11.5 Å². The molecule has 1 heterocycles. The van der Waals surface area contributed by atoms with Crippen molar-refractivity contribution in [1.82, 2.24) is 4.90 Å². The minimum absolute atomic E-state index is 0.0116. The molecule has 1 aliphatic rings. The van der Waals surface area contributed by atoms with Crippen LogP contribution < -0.4 is 4.74 Å². The lowest BCUT2D eigenvalue weighted by atomic mass is 9.97. The highest BCUT2D eigenvalue weighted by molar-refractivity contribution is 6.33. The molecule has 0 aromatic heterocycles. The van der Waals surface area contributed by atoms with Crippen LogP contribution in [0.4, 0.5) is 0 Å². The van der Waals surface area contributed by atoms with E-state index in [1.165, 1.54) is 13.5 Å². The van der Waals surface area contributed by atoms with Crippen molar-refractivity contribution >= 4 is 17.4 Å². The van der Waals surface area contributed by atoms with Crippen molar-refractivity contribution in [3.63, 3.8) is 0 Å². The molecule has 128 valence electrons. The van der Waals surface area contributed by atoms with Gasteiger partial charge in [-0.1, -0.05) is 25.4 Å². The Kier molecular flexibility index (Phi) is 6.31. The first-order valence-electron chi connectivity index (χ1n) is 8.38. The normalized spacial score (nSPS) is 18.3. The Morgan fingerprint density at radius 2 is 2.22 bits per heavy atom. The largest absolute Gasteiger partial charge is 0.507 e. The summed E-state index contributed by atoms with van der Waals surface area (Å²) < 4.78 is 5.27. The fraction of sp³-hybridized carbons (Fsp3) is 0.611. The lowest BCUT2D eigenvalue weighted by Gasteiger charge is -2.22. The molecule has 2 rings (SSSR count). The number of rotatable bonds is 7. The number of phenols is 1. The number of carbonyl (C=O) groups excluding carboxylic acids is 1. The van der Waals surface area contributed by atoms with E-state index in [0.717, 1.165) is 25.9 Å². The number of benzene rings is 1. The molecule has 0 spiro atoms. The van der Waals surface area contributed by atoms with Crippen molar-refractivity contribution in [2.24, 2.45) is 0 Å². The SMILES string of the molecule is CCc1cc(Cl)c(OC)c(C(=O)CC[C@@H]2CCCN2CC)c1O. The number of phenolic OH excluding ortho intramolecular Hbond substituents is 1. The van der Waals surface area contributed by atoms with Crippen molar-refractivity contribution < 1.29 is 14.6 Å². The number of aromatic hydroxyl groups is 1. The Morgan fingerprint density at radius 3 is 2.83 bits per heavy atom. The molecule has 1 atom stereocenters. The van der Waals surface area contributed by atoms with E-state index in [9.17, 15) is 9.90 Å². The van der Waals surface area contributed by atoms with Crippen LogP contribution in [-0.2, 0) is 6.42 Å². The van der Waals surface area contributed by atoms with E-state index in [1.807, 2.05) is 6.92 Å². The summed E-state index contributed by atoms with van der Waals surface area (Å²) in [7, 11) is 1.47. The second-order valence-corrected chi connectivity index (χ2v) is 6.42. The molecule has 1 aliphatic heterocycles. The molecule has 0 bridgehead atoms. The molecule has 5 heteroatoms. The Morgan fingerprint density at radius 1 is 1.48 bits per heavy atom. The van der Waals surface area contributed by atoms with Crippen LogP contribution in [0.1, 0.15) is 55.5 Å². The van der Waals surface area contributed by atoms with Gasteiger partial charge >= 0.3 is 0 Å². The van der Waals surface area contributed by atoms with Crippen LogP contribution in [0.5, 0.6) is 11.5 Å². The molecule has 0 radical (unpaired) electrons. The van der Waals surface area contributed by atoms with Gasteiger partial charge in [-0.15, -0.1) is 0 Å². The summed E-state index contributed by atoms with van der Waals surface area (Å²) in [5.41, 5.74) is 0.910. The quantitative estimate of drug-likeness (QED) is 0.761. The van der Waals surface area contributed by atoms with E-state index in [-0.39, 0.29) is 22.8 Å². The van der Waals surface area contributed by atoms with Crippen molar-refractivity contribution in [1.29, 1.82) is 0 Å². The monoisotopic (exact) mass is 339 g/mol. The first-order valence-corrected chi connectivity index (χ1v) is 8.76. The molecule has 1 fully saturated rings. The fourth-order valence-electron chi connectivity index (χ4n) is 3.46. The van der Waals surface area contributed by atoms with Gasteiger partial charge in [0.05, 0.1) is 12.1 Å². The highest BCUT2D eigenvalue weighted by Crippen LogP contribution is 2.39. The third-order valence-corrected chi connectivity index (χ3v) is 5.04. The average molecular weight is 340 g/mol. The predicted molar refractivity (Wildman–Crippen MR) is 92.9 cm³/mol. The molecule has 4 nitrogen and oxygen atoms in total. The van der Waals surface area contributed by atoms with Crippen LogP contribution in [0.2, 0.25) is 5.02 Å². The number of methoxy groups -OCH3 is 1. The number of ether oxygens (including phenoxy) is 1. The predicted octanol–water partition coefficient (Wildman–Crippen LogP) is 4.06. The molecule has 1 aromatic carbocycles. The van der Waals surface area contributed by atoms with Gasteiger partial charge in [0.25, 0.3) is 0 Å². The molecule has 1 saturated heterocycles. The number of hydrogen-bond acceptors (Lipinski definition) is 4. The van der Waals surface area contributed by atoms with Crippen LogP contribution in [0.3, 0.4) is 0 Å². The maximum atomic E-state index is 12.7. The van der Waals surface area contributed by atoms with Gasteiger partial charge in [0.2, 0.25) is 0 Å². The summed E-state index contributed by atoms with van der Waals surface area (Å²) in [4.78, 5) is 15.1. The minimum Gasteiger partial charge on any atom is -0.507 e. The number of aryl methyl sites for hydroxylation is 1.